The first kappa shape index (κ1) is 18.0. The van der Waals surface area contributed by atoms with Crippen LogP contribution >= 0.6 is 11.3 Å². The molecule has 1 aromatic heterocycles. The van der Waals surface area contributed by atoms with Crippen LogP contribution in [0.25, 0.3) is 0 Å². The molecule has 24 heavy (non-hydrogen) atoms. The van der Waals surface area contributed by atoms with Gasteiger partial charge in [-0.1, -0.05) is 12.1 Å². The van der Waals surface area contributed by atoms with E-state index in [1.54, 1.807) is 12.5 Å². The molecule has 0 radical (unpaired) electrons. The third-order valence-electron chi connectivity index (χ3n) is 3.23. The highest BCUT2D eigenvalue weighted by atomic mass is 32.1. The molecular formula is C16H17FN2O4S. The summed E-state index contributed by atoms with van der Waals surface area (Å²) in [5.74, 6) is -1.31. The summed E-state index contributed by atoms with van der Waals surface area (Å²) in [5, 5.41) is 5.02. The SMILES string of the molecule is COCc1nc(C(=O)NC(CC(=O)OC)c2ccc(F)cc2)cs1. The Labute approximate surface area is 142 Å². The zero-order chi connectivity index (χ0) is 17.5. The molecule has 0 aliphatic heterocycles. The van der Waals surface area contributed by atoms with Crippen LogP contribution in [0.5, 0.6) is 0 Å². The van der Waals surface area contributed by atoms with Gasteiger partial charge in [0.1, 0.15) is 16.5 Å². The maximum atomic E-state index is 13.1. The summed E-state index contributed by atoms with van der Waals surface area (Å²) < 4.78 is 22.7. The molecule has 0 spiro atoms. The number of ether oxygens (including phenoxy) is 2. The Bertz CT molecular complexity index is 702. The van der Waals surface area contributed by atoms with E-state index in [1.165, 1.54) is 42.7 Å². The van der Waals surface area contributed by atoms with E-state index in [2.05, 4.69) is 15.0 Å². The lowest BCUT2D eigenvalue weighted by Gasteiger charge is -2.17. The van der Waals surface area contributed by atoms with Gasteiger partial charge in [-0.25, -0.2) is 9.37 Å². The normalized spacial score (nSPS) is 11.8. The van der Waals surface area contributed by atoms with E-state index in [-0.39, 0.29) is 12.1 Å². The second-order valence-corrected chi connectivity index (χ2v) is 5.86. The molecule has 0 aliphatic carbocycles. The number of amides is 1. The highest BCUT2D eigenvalue weighted by molar-refractivity contribution is 7.09. The van der Waals surface area contributed by atoms with Gasteiger partial charge in [-0.3, -0.25) is 9.59 Å². The number of hydrogen-bond acceptors (Lipinski definition) is 6. The van der Waals surface area contributed by atoms with Gasteiger partial charge < -0.3 is 14.8 Å². The van der Waals surface area contributed by atoms with Crippen molar-refractivity contribution in [2.24, 2.45) is 0 Å². The second kappa shape index (κ2) is 8.51. The molecule has 128 valence electrons. The summed E-state index contributed by atoms with van der Waals surface area (Å²) in [5.41, 5.74) is 0.839. The van der Waals surface area contributed by atoms with Crippen LogP contribution in [0.15, 0.2) is 29.6 Å². The fraction of sp³-hybridized carbons (Fsp3) is 0.312. The van der Waals surface area contributed by atoms with Crippen molar-refractivity contribution in [3.05, 3.63) is 51.7 Å². The van der Waals surface area contributed by atoms with Crippen LogP contribution in [0.1, 0.15) is 33.5 Å². The van der Waals surface area contributed by atoms with Crippen LogP contribution < -0.4 is 5.32 Å². The van der Waals surface area contributed by atoms with Gasteiger partial charge in [0, 0.05) is 12.5 Å². The van der Waals surface area contributed by atoms with Crippen LogP contribution in [0, 0.1) is 5.82 Å². The Morgan fingerprint density at radius 2 is 2.00 bits per heavy atom. The standard InChI is InChI=1S/C16H17FN2O4S/c1-22-8-14-18-13(9-24-14)16(21)19-12(7-15(20)23-2)10-3-5-11(17)6-4-10/h3-6,9,12H,7-8H2,1-2H3,(H,19,21). The fourth-order valence-electron chi connectivity index (χ4n) is 2.03. The third-order valence-corrected chi connectivity index (χ3v) is 4.05. The predicted molar refractivity (Wildman–Crippen MR) is 86.1 cm³/mol. The van der Waals surface area contributed by atoms with Crippen LogP contribution in [-0.2, 0) is 20.9 Å². The molecule has 8 heteroatoms. The number of carbonyl (C=O) groups is 2. The number of nitrogens with one attached hydrogen (secondary N) is 1. The Hall–Kier alpha value is -2.32. The maximum Gasteiger partial charge on any atom is 0.307 e. The van der Waals surface area contributed by atoms with Crippen molar-refractivity contribution >= 4 is 23.2 Å². The average molecular weight is 352 g/mol. The van der Waals surface area contributed by atoms with E-state index in [4.69, 9.17) is 4.74 Å². The summed E-state index contributed by atoms with van der Waals surface area (Å²) in [7, 11) is 2.81. The lowest BCUT2D eigenvalue weighted by Crippen LogP contribution is -2.30. The van der Waals surface area contributed by atoms with Gasteiger partial charge in [-0.2, -0.15) is 0 Å². The average Bonchev–Trinajstić information content (AvgIpc) is 3.04. The van der Waals surface area contributed by atoms with Crippen molar-refractivity contribution in [1.82, 2.24) is 10.3 Å². The quantitative estimate of drug-likeness (QED) is 0.775. The predicted octanol–water partition coefficient (Wildman–Crippen LogP) is 2.46. The molecule has 1 N–H and O–H groups in total. The summed E-state index contributed by atoms with van der Waals surface area (Å²) in [4.78, 5) is 28.1. The number of aromatic nitrogens is 1. The van der Waals surface area contributed by atoms with Crippen molar-refractivity contribution in [1.29, 1.82) is 0 Å². The van der Waals surface area contributed by atoms with E-state index in [0.717, 1.165) is 0 Å². The number of esters is 1. The molecule has 2 aromatic rings. The summed E-state index contributed by atoms with van der Waals surface area (Å²) >= 11 is 1.31. The Balaban J connectivity index is 2.15. The first-order chi connectivity index (χ1) is 11.5. The first-order valence-corrected chi connectivity index (χ1v) is 7.98. The minimum absolute atomic E-state index is 0.0665. The first-order valence-electron chi connectivity index (χ1n) is 7.10. The lowest BCUT2D eigenvalue weighted by atomic mass is 10.0. The lowest BCUT2D eigenvalue weighted by molar-refractivity contribution is -0.141. The molecule has 0 aliphatic rings. The minimum atomic E-state index is -0.641. The van der Waals surface area contributed by atoms with Crippen LogP contribution in [-0.4, -0.2) is 31.1 Å². The highest BCUT2D eigenvalue weighted by Crippen LogP contribution is 2.19. The number of carbonyl (C=O) groups excluding carboxylic acids is 2. The molecule has 0 bridgehead atoms. The van der Waals surface area contributed by atoms with E-state index < -0.39 is 23.7 Å². The smallest absolute Gasteiger partial charge is 0.307 e. The molecule has 1 aromatic carbocycles. The Kier molecular flexibility index (Phi) is 6.39. The molecule has 2 rings (SSSR count). The number of nitrogens with zero attached hydrogens (tertiary/aromatic N) is 1. The van der Waals surface area contributed by atoms with Gasteiger partial charge in [-0.05, 0) is 17.7 Å². The molecule has 0 saturated heterocycles. The zero-order valence-electron chi connectivity index (χ0n) is 13.2. The molecule has 1 atom stereocenters. The molecule has 1 heterocycles. The van der Waals surface area contributed by atoms with Gasteiger partial charge in [0.2, 0.25) is 0 Å². The minimum Gasteiger partial charge on any atom is -0.469 e. The molecule has 1 amide bonds. The van der Waals surface area contributed by atoms with E-state index in [0.29, 0.717) is 17.2 Å². The van der Waals surface area contributed by atoms with Crippen LogP contribution in [0.3, 0.4) is 0 Å². The summed E-state index contributed by atoms with van der Waals surface area (Å²) in [6.45, 7) is 0.321. The van der Waals surface area contributed by atoms with Gasteiger partial charge in [0.05, 0.1) is 26.2 Å². The summed E-state index contributed by atoms with van der Waals surface area (Å²) in [6, 6.07) is 4.93. The van der Waals surface area contributed by atoms with Crippen LogP contribution in [0.2, 0.25) is 0 Å². The summed E-state index contributed by atoms with van der Waals surface area (Å²) in [6.07, 6.45) is -0.0665. The van der Waals surface area contributed by atoms with Crippen LogP contribution in [0.4, 0.5) is 4.39 Å². The highest BCUT2D eigenvalue weighted by Gasteiger charge is 2.21. The maximum absolute atomic E-state index is 13.1. The largest absolute Gasteiger partial charge is 0.469 e. The van der Waals surface area contributed by atoms with E-state index in [1.807, 2.05) is 0 Å². The van der Waals surface area contributed by atoms with E-state index >= 15 is 0 Å². The van der Waals surface area contributed by atoms with Crippen molar-refractivity contribution in [3.63, 3.8) is 0 Å². The van der Waals surface area contributed by atoms with Crippen molar-refractivity contribution in [2.75, 3.05) is 14.2 Å². The van der Waals surface area contributed by atoms with Crippen molar-refractivity contribution in [3.8, 4) is 0 Å². The monoisotopic (exact) mass is 352 g/mol. The molecule has 6 nitrogen and oxygen atoms in total. The number of thiazole rings is 1. The number of halogens is 1. The Morgan fingerprint density at radius 3 is 2.62 bits per heavy atom. The zero-order valence-corrected chi connectivity index (χ0v) is 14.1. The molecule has 1 unspecified atom stereocenters. The van der Waals surface area contributed by atoms with Crippen molar-refractivity contribution < 1.29 is 23.5 Å². The van der Waals surface area contributed by atoms with Gasteiger partial charge >= 0.3 is 5.97 Å². The second-order valence-electron chi connectivity index (χ2n) is 4.92. The van der Waals surface area contributed by atoms with Gasteiger partial charge in [0.25, 0.3) is 5.91 Å². The Morgan fingerprint density at radius 1 is 1.29 bits per heavy atom. The number of benzene rings is 1. The van der Waals surface area contributed by atoms with Gasteiger partial charge in [0.15, 0.2) is 0 Å². The topological polar surface area (TPSA) is 77.5 Å². The molecule has 0 fully saturated rings. The van der Waals surface area contributed by atoms with E-state index in [9.17, 15) is 14.0 Å². The number of methoxy groups -OCH3 is 2. The third kappa shape index (κ3) is 4.84. The number of hydrogen-bond donors (Lipinski definition) is 1. The van der Waals surface area contributed by atoms with Crippen molar-refractivity contribution in [2.45, 2.75) is 19.1 Å². The van der Waals surface area contributed by atoms with Gasteiger partial charge in [-0.15, -0.1) is 11.3 Å². The fourth-order valence-corrected chi connectivity index (χ4v) is 2.78. The molecular weight excluding hydrogens is 335 g/mol. The molecule has 0 saturated carbocycles. The number of rotatable bonds is 7.